The molecule has 2 aliphatic heterocycles. The summed E-state index contributed by atoms with van der Waals surface area (Å²) in [5, 5.41) is 14.8. The number of hydrogen-bond donors (Lipinski definition) is 1. The summed E-state index contributed by atoms with van der Waals surface area (Å²) < 4.78 is 5.35. The number of fused-ring (bicyclic) bond motifs is 1. The predicted octanol–water partition coefficient (Wildman–Crippen LogP) is 7.89. The van der Waals surface area contributed by atoms with E-state index in [9.17, 15) is 5.26 Å². The van der Waals surface area contributed by atoms with Crippen molar-refractivity contribution in [3.8, 4) is 22.9 Å². The van der Waals surface area contributed by atoms with E-state index < -0.39 is 0 Å². The number of halogens is 2. The summed E-state index contributed by atoms with van der Waals surface area (Å²) in [6.07, 6.45) is 6.89. The Kier molecular flexibility index (Phi) is 8.32. The van der Waals surface area contributed by atoms with Crippen molar-refractivity contribution < 1.29 is 4.74 Å². The van der Waals surface area contributed by atoms with Crippen molar-refractivity contribution in [3.05, 3.63) is 82.0 Å². The Morgan fingerprint density at radius 3 is 2.39 bits per heavy atom. The third kappa shape index (κ3) is 6.00. The van der Waals surface area contributed by atoms with Crippen LogP contribution >= 0.6 is 23.2 Å². The molecule has 6 rings (SSSR count). The topological polar surface area (TPSA) is 64.4 Å². The highest BCUT2D eigenvalue weighted by molar-refractivity contribution is 6.37. The molecule has 0 radical (unpaired) electrons. The molecule has 4 aromatic rings. The van der Waals surface area contributed by atoms with Gasteiger partial charge in [-0.3, -0.25) is 9.88 Å². The number of pyridine rings is 1. The minimum absolute atomic E-state index is 0.417. The molecular weight excluding hydrogens is 553 g/mol. The molecule has 210 valence electrons. The van der Waals surface area contributed by atoms with Gasteiger partial charge in [0, 0.05) is 30.2 Å². The molecule has 0 bridgehead atoms. The van der Waals surface area contributed by atoms with Crippen molar-refractivity contribution >= 4 is 45.5 Å². The SMILES string of the molecule is COc1cc(Nc2c(C#N)cnc3cc(-c4ccc(CN5CCC(N6CCCC6)CC5)cc4)ccc23)c(Cl)cc1Cl. The van der Waals surface area contributed by atoms with Gasteiger partial charge in [-0.1, -0.05) is 59.6 Å². The summed E-state index contributed by atoms with van der Waals surface area (Å²) in [5.41, 5.74) is 5.98. The number of aromatic nitrogens is 1. The second kappa shape index (κ2) is 12.3. The van der Waals surface area contributed by atoms with Crippen LogP contribution in [0.5, 0.6) is 5.75 Å². The second-order valence-corrected chi connectivity index (χ2v) is 11.7. The van der Waals surface area contributed by atoms with Gasteiger partial charge < -0.3 is 15.0 Å². The smallest absolute Gasteiger partial charge is 0.139 e. The first-order valence-electron chi connectivity index (χ1n) is 14.2. The number of ether oxygens (including phenoxy) is 1. The number of benzene rings is 3. The molecule has 2 saturated heterocycles. The largest absolute Gasteiger partial charge is 0.495 e. The zero-order valence-corrected chi connectivity index (χ0v) is 24.7. The molecule has 3 aromatic carbocycles. The lowest BCUT2D eigenvalue weighted by atomic mass is 10.00. The van der Waals surface area contributed by atoms with Crippen LogP contribution in [0.25, 0.3) is 22.0 Å². The van der Waals surface area contributed by atoms with Crippen LogP contribution in [0.2, 0.25) is 10.0 Å². The molecule has 6 nitrogen and oxygen atoms in total. The Hall–Kier alpha value is -3.34. The van der Waals surface area contributed by atoms with E-state index in [1.54, 1.807) is 25.4 Å². The minimum atomic E-state index is 0.417. The van der Waals surface area contributed by atoms with Gasteiger partial charge in [-0.25, -0.2) is 0 Å². The van der Waals surface area contributed by atoms with Gasteiger partial charge in [0.25, 0.3) is 0 Å². The summed E-state index contributed by atoms with van der Waals surface area (Å²) in [6, 6.07) is 21.4. The van der Waals surface area contributed by atoms with Gasteiger partial charge in [-0.15, -0.1) is 0 Å². The number of nitrogens with zero attached hydrogens (tertiary/aromatic N) is 4. The highest BCUT2D eigenvalue weighted by atomic mass is 35.5. The van der Waals surface area contributed by atoms with E-state index in [2.05, 4.69) is 62.6 Å². The molecule has 0 aliphatic carbocycles. The van der Waals surface area contributed by atoms with Gasteiger partial charge in [-0.2, -0.15) is 5.26 Å². The van der Waals surface area contributed by atoms with Crippen molar-refractivity contribution in [1.82, 2.24) is 14.8 Å². The molecule has 0 spiro atoms. The Labute approximate surface area is 251 Å². The van der Waals surface area contributed by atoms with Crippen LogP contribution in [0.15, 0.2) is 60.8 Å². The monoisotopic (exact) mass is 585 g/mol. The first-order chi connectivity index (χ1) is 20.0. The van der Waals surface area contributed by atoms with Gasteiger partial charge >= 0.3 is 0 Å². The zero-order chi connectivity index (χ0) is 28.3. The summed E-state index contributed by atoms with van der Waals surface area (Å²) in [6.45, 7) is 5.93. The molecule has 1 aromatic heterocycles. The summed E-state index contributed by atoms with van der Waals surface area (Å²) in [4.78, 5) is 9.88. The number of nitrogens with one attached hydrogen (secondary N) is 1. The fourth-order valence-electron chi connectivity index (χ4n) is 6.12. The lowest BCUT2D eigenvalue weighted by Crippen LogP contribution is -2.43. The third-order valence-corrected chi connectivity index (χ3v) is 9.01. The molecule has 2 fully saturated rings. The molecule has 0 atom stereocenters. The minimum Gasteiger partial charge on any atom is -0.495 e. The quantitative estimate of drug-likeness (QED) is 0.238. The summed E-state index contributed by atoms with van der Waals surface area (Å²) in [5.74, 6) is 0.493. The van der Waals surface area contributed by atoms with Crippen LogP contribution in [0.4, 0.5) is 11.4 Å². The van der Waals surface area contributed by atoms with Crippen LogP contribution in [0.1, 0.15) is 36.8 Å². The van der Waals surface area contributed by atoms with E-state index in [0.29, 0.717) is 32.7 Å². The van der Waals surface area contributed by atoms with Crippen LogP contribution in [0.3, 0.4) is 0 Å². The number of piperidine rings is 1. The van der Waals surface area contributed by atoms with Gasteiger partial charge in [0.15, 0.2) is 0 Å². The molecule has 3 heterocycles. The molecular formula is C33H33Cl2N5O. The number of likely N-dealkylation sites (tertiary alicyclic amines) is 2. The average Bonchev–Trinajstić information content (AvgIpc) is 3.54. The fraction of sp³-hybridized carbons (Fsp3) is 0.333. The number of rotatable bonds is 7. The molecule has 2 aliphatic rings. The Bertz CT molecular complexity index is 1590. The Morgan fingerprint density at radius 1 is 0.951 bits per heavy atom. The number of anilines is 2. The molecule has 0 unspecified atom stereocenters. The van der Waals surface area contributed by atoms with E-state index >= 15 is 0 Å². The van der Waals surface area contributed by atoms with Crippen molar-refractivity contribution in [2.24, 2.45) is 0 Å². The highest BCUT2D eigenvalue weighted by Gasteiger charge is 2.26. The molecule has 41 heavy (non-hydrogen) atoms. The first kappa shape index (κ1) is 27.8. The van der Waals surface area contributed by atoms with Gasteiger partial charge in [0.05, 0.1) is 39.6 Å². The maximum atomic E-state index is 9.79. The fourth-order valence-corrected chi connectivity index (χ4v) is 6.63. The van der Waals surface area contributed by atoms with Gasteiger partial charge in [-0.05, 0) is 80.7 Å². The van der Waals surface area contributed by atoms with Crippen LogP contribution in [-0.4, -0.2) is 54.1 Å². The normalized spacial score (nSPS) is 16.6. The average molecular weight is 587 g/mol. The van der Waals surface area contributed by atoms with Crippen molar-refractivity contribution in [2.45, 2.75) is 38.3 Å². The highest BCUT2D eigenvalue weighted by Crippen LogP contribution is 2.38. The lowest BCUT2D eigenvalue weighted by Gasteiger charge is -2.36. The van der Waals surface area contributed by atoms with Gasteiger partial charge in [0.2, 0.25) is 0 Å². The van der Waals surface area contributed by atoms with Gasteiger partial charge in [0.1, 0.15) is 11.8 Å². The number of hydrogen-bond acceptors (Lipinski definition) is 6. The predicted molar refractivity (Wildman–Crippen MR) is 167 cm³/mol. The third-order valence-electron chi connectivity index (χ3n) is 8.40. The van der Waals surface area contributed by atoms with Crippen LogP contribution < -0.4 is 10.1 Å². The molecule has 0 amide bonds. The molecule has 0 saturated carbocycles. The standard InChI is InChI=1S/C33H33Cl2N5O/c1-41-32-18-31(28(34)17-29(32)35)38-33-25(19-36)20-37-30-16-24(8-9-27(30)33)23-6-4-22(5-7-23)21-39-14-10-26(11-15-39)40-12-2-3-13-40/h4-9,16-18,20,26H,2-3,10-15,21H2,1H3,(H,37,38). The lowest BCUT2D eigenvalue weighted by molar-refractivity contribution is 0.122. The van der Waals surface area contributed by atoms with E-state index in [1.807, 2.05) is 6.07 Å². The molecule has 8 heteroatoms. The van der Waals surface area contributed by atoms with E-state index in [0.717, 1.165) is 34.6 Å². The van der Waals surface area contributed by atoms with Crippen molar-refractivity contribution in [2.75, 3.05) is 38.6 Å². The van der Waals surface area contributed by atoms with Crippen molar-refractivity contribution in [3.63, 3.8) is 0 Å². The second-order valence-electron chi connectivity index (χ2n) is 10.9. The maximum absolute atomic E-state index is 9.79. The van der Waals surface area contributed by atoms with E-state index in [-0.39, 0.29) is 0 Å². The van der Waals surface area contributed by atoms with Crippen LogP contribution in [0, 0.1) is 11.3 Å². The molecule has 1 N–H and O–H groups in total. The van der Waals surface area contributed by atoms with Crippen LogP contribution in [-0.2, 0) is 6.54 Å². The Balaban J connectivity index is 1.18. The number of nitriles is 1. The Morgan fingerprint density at radius 2 is 1.68 bits per heavy atom. The zero-order valence-electron chi connectivity index (χ0n) is 23.2. The van der Waals surface area contributed by atoms with E-state index in [1.165, 1.54) is 57.4 Å². The number of methoxy groups -OCH3 is 1. The summed E-state index contributed by atoms with van der Waals surface area (Å²) in [7, 11) is 1.55. The first-order valence-corrected chi connectivity index (χ1v) is 15.0. The van der Waals surface area contributed by atoms with E-state index in [4.69, 9.17) is 27.9 Å². The maximum Gasteiger partial charge on any atom is 0.139 e. The summed E-state index contributed by atoms with van der Waals surface area (Å²) >= 11 is 12.7. The van der Waals surface area contributed by atoms with Crippen molar-refractivity contribution in [1.29, 1.82) is 5.26 Å².